The molecule has 0 bridgehead atoms. The van der Waals surface area contributed by atoms with E-state index in [4.69, 9.17) is 16.7 Å². The summed E-state index contributed by atoms with van der Waals surface area (Å²) in [6.45, 7) is 0.358. The predicted octanol–water partition coefficient (Wildman–Crippen LogP) is -0.0882. The van der Waals surface area contributed by atoms with E-state index in [9.17, 15) is 0 Å². The monoisotopic (exact) mass is 162 g/mol. The molecule has 0 spiro atoms. The van der Waals surface area contributed by atoms with E-state index in [1.807, 2.05) is 6.07 Å². The van der Waals surface area contributed by atoms with Gasteiger partial charge in [-0.1, -0.05) is 0 Å². The number of rotatable bonds is 2. The highest BCUT2D eigenvalue weighted by Crippen LogP contribution is 2.08. The lowest BCUT2D eigenvalue weighted by Crippen LogP contribution is -2.20. The molecule has 1 atom stereocenters. The van der Waals surface area contributed by atoms with Crippen molar-refractivity contribution < 1.29 is 0 Å². The molecule has 0 fully saturated rings. The molecule has 0 aliphatic heterocycles. The SMILES string of the molecule is N#Cc1cncc([C@H](N)CN)c1. The number of hydrogen-bond acceptors (Lipinski definition) is 4. The standard InChI is InChI=1S/C8H10N4/c9-2-6-1-7(5-12-4-6)8(11)3-10/h1,4-5,8H,3,10-11H2/t8-/m1/s1. The van der Waals surface area contributed by atoms with Crippen LogP contribution in [0.4, 0.5) is 0 Å². The van der Waals surface area contributed by atoms with Crippen LogP contribution in [0.25, 0.3) is 0 Å². The van der Waals surface area contributed by atoms with Crippen LogP contribution in [0, 0.1) is 11.3 Å². The summed E-state index contributed by atoms with van der Waals surface area (Å²) >= 11 is 0. The molecule has 12 heavy (non-hydrogen) atoms. The Morgan fingerprint density at radius 3 is 2.92 bits per heavy atom. The molecule has 0 unspecified atom stereocenters. The van der Waals surface area contributed by atoms with Gasteiger partial charge in [-0.3, -0.25) is 4.98 Å². The van der Waals surface area contributed by atoms with E-state index in [-0.39, 0.29) is 6.04 Å². The first-order chi connectivity index (χ1) is 5.77. The maximum absolute atomic E-state index is 8.55. The second kappa shape index (κ2) is 3.81. The molecule has 0 aromatic carbocycles. The van der Waals surface area contributed by atoms with Crippen molar-refractivity contribution in [2.75, 3.05) is 6.54 Å². The highest BCUT2D eigenvalue weighted by molar-refractivity contribution is 5.30. The van der Waals surface area contributed by atoms with Crippen molar-refractivity contribution >= 4 is 0 Å². The summed E-state index contributed by atoms with van der Waals surface area (Å²) < 4.78 is 0. The molecule has 4 N–H and O–H groups in total. The molecule has 1 rings (SSSR count). The molecular formula is C8H10N4. The number of aromatic nitrogens is 1. The first-order valence-electron chi connectivity index (χ1n) is 3.58. The van der Waals surface area contributed by atoms with Crippen molar-refractivity contribution in [2.24, 2.45) is 11.5 Å². The zero-order valence-electron chi connectivity index (χ0n) is 6.57. The fourth-order valence-corrected chi connectivity index (χ4v) is 0.858. The Hall–Kier alpha value is -1.44. The number of nitriles is 1. The van der Waals surface area contributed by atoms with Gasteiger partial charge in [0, 0.05) is 25.0 Å². The van der Waals surface area contributed by atoms with Crippen LogP contribution in [0.15, 0.2) is 18.5 Å². The third-order valence-electron chi connectivity index (χ3n) is 1.57. The Labute approximate surface area is 70.8 Å². The van der Waals surface area contributed by atoms with Gasteiger partial charge in [0.25, 0.3) is 0 Å². The zero-order valence-corrected chi connectivity index (χ0v) is 6.57. The van der Waals surface area contributed by atoms with Crippen LogP contribution < -0.4 is 11.5 Å². The highest BCUT2D eigenvalue weighted by atomic mass is 14.7. The van der Waals surface area contributed by atoms with Crippen LogP contribution in [0.3, 0.4) is 0 Å². The van der Waals surface area contributed by atoms with E-state index < -0.39 is 0 Å². The number of pyridine rings is 1. The van der Waals surface area contributed by atoms with Crippen LogP contribution in [-0.2, 0) is 0 Å². The summed E-state index contributed by atoms with van der Waals surface area (Å²) in [6.07, 6.45) is 3.12. The molecule has 1 aromatic heterocycles. The van der Waals surface area contributed by atoms with Crippen molar-refractivity contribution in [3.63, 3.8) is 0 Å². The average molecular weight is 162 g/mol. The molecule has 0 amide bonds. The van der Waals surface area contributed by atoms with Crippen molar-refractivity contribution in [3.05, 3.63) is 29.6 Å². The van der Waals surface area contributed by atoms with Gasteiger partial charge in [-0.25, -0.2) is 0 Å². The molecule has 4 nitrogen and oxygen atoms in total. The van der Waals surface area contributed by atoms with Gasteiger partial charge in [0.1, 0.15) is 6.07 Å². The van der Waals surface area contributed by atoms with E-state index in [0.717, 1.165) is 5.56 Å². The van der Waals surface area contributed by atoms with Crippen LogP contribution >= 0.6 is 0 Å². The fourth-order valence-electron chi connectivity index (χ4n) is 0.858. The fraction of sp³-hybridized carbons (Fsp3) is 0.250. The zero-order chi connectivity index (χ0) is 8.97. The van der Waals surface area contributed by atoms with Crippen LogP contribution in [0.1, 0.15) is 17.2 Å². The second-order valence-electron chi connectivity index (χ2n) is 2.46. The molecule has 0 saturated carbocycles. The lowest BCUT2D eigenvalue weighted by atomic mass is 10.1. The Morgan fingerprint density at radius 1 is 1.58 bits per heavy atom. The maximum Gasteiger partial charge on any atom is 0.101 e. The summed E-state index contributed by atoms with van der Waals surface area (Å²) in [4.78, 5) is 3.87. The predicted molar refractivity (Wildman–Crippen MR) is 44.9 cm³/mol. The lowest BCUT2D eigenvalue weighted by Gasteiger charge is -2.07. The third kappa shape index (κ3) is 1.78. The summed E-state index contributed by atoms with van der Waals surface area (Å²) in [5, 5.41) is 8.55. The van der Waals surface area contributed by atoms with Gasteiger partial charge in [-0.15, -0.1) is 0 Å². The van der Waals surface area contributed by atoms with E-state index >= 15 is 0 Å². The van der Waals surface area contributed by atoms with Gasteiger partial charge in [0.05, 0.1) is 5.56 Å². The Bertz CT molecular complexity index is 302. The minimum Gasteiger partial charge on any atom is -0.329 e. The van der Waals surface area contributed by atoms with E-state index in [2.05, 4.69) is 4.98 Å². The Morgan fingerprint density at radius 2 is 2.33 bits per heavy atom. The van der Waals surface area contributed by atoms with E-state index in [1.165, 1.54) is 6.20 Å². The number of nitrogens with zero attached hydrogens (tertiary/aromatic N) is 2. The normalized spacial score (nSPS) is 12.1. The van der Waals surface area contributed by atoms with Crippen molar-refractivity contribution in [3.8, 4) is 6.07 Å². The molecule has 0 aliphatic rings. The maximum atomic E-state index is 8.55. The first kappa shape index (κ1) is 8.65. The molecule has 62 valence electrons. The first-order valence-corrected chi connectivity index (χ1v) is 3.58. The quantitative estimate of drug-likeness (QED) is 0.636. The minimum absolute atomic E-state index is 0.231. The summed E-state index contributed by atoms with van der Waals surface area (Å²) in [5.41, 5.74) is 12.3. The second-order valence-corrected chi connectivity index (χ2v) is 2.46. The lowest BCUT2D eigenvalue weighted by molar-refractivity contribution is 0.732. The van der Waals surface area contributed by atoms with Gasteiger partial charge >= 0.3 is 0 Å². The van der Waals surface area contributed by atoms with Crippen molar-refractivity contribution in [1.82, 2.24) is 4.98 Å². The van der Waals surface area contributed by atoms with Gasteiger partial charge in [-0.2, -0.15) is 5.26 Å². The van der Waals surface area contributed by atoms with Gasteiger partial charge in [0.2, 0.25) is 0 Å². The van der Waals surface area contributed by atoms with Crippen molar-refractivity contribution in [1.29, 1.82) is 5.26 Å². The van der Waals surface area contributed by atoms with E-state index in [1.54, 1.807) is 12.3 Å². The molecular weight excluding hydrogens is 152 g/mol. The highest BCUT2D eigenvalue weighted by Gasteiger charge is 2.03. The molecule has 1 heterocycles. The summed E-state index contributed by atoms with van der Waals surface area (Å²) in [5.74, 6) is 0. The van der Waals surface area contributed by atoms with Gasteiger partial charge in [0.15, 0.2) is 0 Å². The molecule has 1 aromatic rings. The third-order valence-corrected chi connectivity index (χ3v) is 1.57. The minimum atomic E-state index is -0.231. The Balaban J connectivity index is 2.95. The molecule has 0 aliphatic carbocycles. The topological polar surface area (TPSA) is 88.7 Å². The van der Waals surface area contributed by atoms with Gasteiger partial charge in [-0.05, 0) is 11.6 Å². The van der Waals surface area contributed by atoms with Gasteiger partial charge < -0.3 is 11.5 Å². The van der Waals surface area contributed by atoms with Crippen LogP contribution in [0.5, 0.6) is 0 Å². The van der Waals surface area contributed by atoms with E-state index in [0.29, 0.717) is 12.1 Å². The van der Waals surface area contributed by atoms with Crippen molar-refractivity contribution in [2.45, 2.75) is 6.04 Å². The molecule has 0 saturated heterocycles. The number of nitrogens with two attached hydrogens (primary N) is 2. The molecule has 0 radical (unpaired) electrons. The molecule has 4 heteroatoms. The summed E-state index contributed by atoms with van der Waals surface area (Å²) in [6, 6.07) is 3.46. The van der Waals surface area contributed by atoms with Crippen LogP contribution in [0.2, 0.25) is 0 Å². The Kier molecular flexibility index (Phi) is 2.75. The number of hydrogen-bond donors (Lipinski definition) is 2. The largest absolute Gasteiger partial charge is 0.329 e. The summed E-state index contributed by atoms with van der Waals surface area (Å²) in [7, 11) is 0. The van der Waals surface area contributed by atoms with Crippen LogP contribution in [-0.4, -0.2) is 11.5 Å². The smallest absolute Gasteiger partial charge is 0.101 e. The average Bonchev–Trinajstić information content (AvgIpc) is 2.17.